The zero-order valence-corrected chi connectivity index (χ0v) is 18.6. The first-order valence-corrected chi connectivity index (χ1v) is 10.8. The van der Waals surface area contributed by atoms with E-state index < -0.39 is 0 Å². The van der Waals surface area contributed by atoms with Crippen molar-refractivity contribution in [1.29, 1.82) is 0 Å². The number of aryl methyl sites for hydroxylation is 1. The molecule has 0 fully saturated rings. The smallest absolute Gasteiger partial charge is 0.244 e. The number of carbonyl (C=O) groups excluding carboxylic acids is 1. The molecule has 4 aromatic rings. The van der Waals surface area contributed by atoms with Gasteiger partial charge < -0.3 is 14.5 Å². The average Bonchev–Trinajstić information content (AvgIpc) is 3.25. The Morgan fingerprint density at radius 1 is 1.06 bits per heavy atom. The van der Waals surface area contributed by atoms with Crippen LogP contribution in [0.3, 0.4) is 0 Å². The van der Waals surface area contributed by atoms with Crippen LogP contribution >= 0.6 is 0 Å². The summed E-state index contributed by atoms with van der Waals surface area (Å²) in [6.45, 7) is 6.90. The van der Waals surface area contributed by atoms with Crippen LogP contribution in [0.15, 0.2) is 83.5 Å². The summed E-state index contributed by atoms with van der Waals surface area (Å²) < 4.78 is 11.9. The van der Waals surface area contributed by atoms with Crippen LogP contribution in [0.5, 0.6) is 5.75 Å². The van der Waals surface area contributed by atoms with Gasteiger partial charge in [0.25, 0.3) is 0 Å². The zero-order valence-electron chi connectivity index (χ0n) is 18.6. The lowest BCUT2D eigenvalue weighted by molar-refractivity contribution is -0.116. The van der Waals surface area contributed by atoms with E-state index in [0.29, 0.717) is 13.2 Å². The molecule has 32 heavy (non-hydrogen) atoms. The van der Waals surface area contributed by atoms with Crippen molar-refractivity contribution in [3.8, 4) is 16.9 Å². The van der Waals surface area contributed by atoms with Crippen LogP contribution in [0.2, 0.25) is 0 Å². The molecule has 0 saturated carbocycles. The minimum atomic E-state index is -0.137. The van der Waals surface area contributed by atoms with Gasteiger partial charge >= 0.3 is 0 Å². The Labute approximate surface area is 188 Å². The van der Waals surface area contributed by atoms with E-state index in [0.717, 1.165) is 50.1 Å². The minimum Gasteiger partial charge on any atom is -0.493 e. The topological polar surface area (TPSA) is 51.5 Å². The maximum Gasteiger partial charge on any atom is 0.244 e. The molecule has 0 aliphatic carbocycles. The summed E-state index contributed by atoms with van der Waals surface area (Å²) in [5, 5.41) is 3.96. The van der Waals surface area contributed by atoms with Crippen molar-refractivity contribution < 1.29 is 13.9 Å². The van der Waals surface area contributed by atoms with Gasteiger partial charge in [-0.2, -0.15) is 0 Å². The lowest BCUT2D eigenvalue weighted by Gasteiger charge is -2.15. The summed E-state index contributed by atoms with van der Waals surface area (Å²) in [6, 6.07) is 22.1. The molecule has 0 aliphatic rings. The minimum absolute atomic E-state index is 0.137. The predicted molar refractivity (Wildman–Crippen MR) is 129 cm³/mol. The summed E-state index contributed by atoms with van der Waals surface area (Å²) in [5.41, 5.74) is 6.63. The zero-order chi connectivity index (χ0) is 22.5. The van der Waals surface area contributed by atoms with Crippen LogP contribution < -0.4 is 10.1 Å². The third-order valence-corrected chi connectivity index (χ3v) is 5.50. The second kappa shape index (κ2) is 9.56. The molecule has 0 radical (unpaired) electrons. The van der Waals surface area contributed by atoms with Gasteiger partial charge in [0.1, 0.15) is 11.3 Å². The molecule has 1 aromatic heterocycles. The summed E-state index contributed by atoms with van der Waals surface area (Å²) in [6.07, 6.45) is 3.42. The molecule has 0 atom stereocenters. The Hall–Kier alpha value is -3.79. The molecule has 1 N–H and O–H groups in total. The molecule has 1 amide bonds. The maximum atomic E-state index is 12.6. The quantitative estimate of drug-likeness (QED) is 0.343. The highest BCUT2D eigenvalue weighted by atomic mass is 16.5. The highest BCUT2D eigenvalue weighted by Crippen LogP contribution is 2.40. The number of carbonyl (C=O) groups is 1. The molecule has 0 bridgehead atoms. The van der Waals surface area contributed by atoms with Crippen LogP contribution in [0.1, 0.15) is 30.5 Å². The van der Waals surface area contributed by atoms with E-state index in [9.17, 15) is 4.79 Å². The van der Waals surface area contributed by atoms with E-state index in [1.54, 1.807) is 12.3 Å². The molecule has 4 heteroatoms. The normalized spacial score (nSPS) is 11.5. The van der Waals surface area contributed by atoms with E-state index in [4.69, 9.17) is 9.15 Å². The Morgan fingerprint density at radius 2 is 1.75 bits per heavy atom. The van der Waals surface area contributed by atoms with E-state index >= 15 is 0 Å². The molecule has 3 aromatic carbocycles. The van der Waals surface area contributed by atoms with Gasteiger partial charge in [-0.1, -0.05) is 60.7 Å². The van der Waals surface area contributed by atoms with Crippen LogP contribution in [0, 0.1) is 6.92 Å². The van der Waals surface area contributed by atoms with Crippen molar-refractivity contribution in [3.05, 3.63) is 95.8 Å². The number of hydrogen-bond acceptors (Lipinski definition) is 3. The van der Waals surface area contributed by atoms with Crippen LogP contribution in [-0.4, -0.2) is 12.5 Å². The fourth-order valence-corrected chi connectivity index (χ4v) is 3.89. The van der Waals surface area contributed by atoms with Gasteiger partial charge in [0, 0.05) is 34.7 Å². The fraction of sp³-hybridized carbons (Fsp3) is 0.179. The summed E-state index contributed by atoms with van der Waals surface area (Å²) in [7, 11) is 0. The number of ether oxygens (including phenoxy) is 1. The first-order valence-electron chi connectivity index (χ1n) is 10.8. The SMILES string of the molecule is CCOc1c(/C(C)=C/C(=O)NCc2ccccc2)cc2c(-c3ccccc3)coc2c1C. The fourth-order valence-electron chi connectivity index (χ4n) is 3.89. The van der Waals surface area contributed by atoms with Crippen LogP contribution in [0.25, 0.3) is 27.7 Å². The predicted octanol–water partition coefficient (Wildman–Crippen LogP) is 6.53. The first-order chi connectivity index (χ1) is 15.6. The number of furan rings is 1. The maximum absolute atomic E-state index is 12.6. The number of hydrogen-bond donors (Lipinski definition) is 1. The van der Waals surface area contributed by atoms with E-state index in [1.165, 1.54) is 0 Å². The second-order valence-electron chi connectivity index (χ2n) is 7.73. The lowest BCUT2D eigenvalue weighted by atomic mass is 9.96. The van der Waals surface area contributed by atoms with Gasteiger partial charge in [-0.3, -0.25) is 4.79 Å². The lowest BCUT2D eigenvalue weighted by Crippen LogP contribution is -2.20. The standard InChI is InChI=1S/C28H27NO3/c1-4-31-27-20(3)28-24(25(18-32-28)22-13-9-6-10-14-22)16-23(27)19(2)15-26(30)29-17-21-11-7-5-8-12-21/h5-16,18H,4,17H2,1-3H3,(H,29,30)/b19-15+. The third-order valence-electron chi connectivity index (χ3n) is 5.50. The van der Waals surface area contributed by atoms with E-state index in [-0.39, 0.29) is 5.91 Å². The molecule has 0 saturated heterocycles. The van der Waals surface area contributed by atoms with Crippen molar-refractivity contribution in [2.24, 2.45) is 0 Å². The number of allylic oxidation sites excluding steroid dienone is 1. The van der Waals surface area contributed by atoms with Gasteiger partial charge in [-0.25, -0.2) is 0 Å². The Kier molecular flexibility index (Phi) is 6.41. The highest BCUT2D eigenvalue weighted by molar-refractivity contribution is 6.01. The van der Waals surface area contributed by atoms with Crippen molar-refractivity contribution in [1.82, 2.24) is 5.32 Å². The molecule has 4 nitrogen and oxygen atoms in total. The summed E-state index contributed by atoms with van der Waals surface area (Å²) in [4.78, 5) is 12.6. The third kappa shape index (κ3) is 4.45. The Morgan fingerprint density at radius 3 is 2.44 bits per heavy atom. The highest BCUT2D eigenvalue weighted by Gasteiger charge is 2.19. The van der Waals surface area contributed by atoms with E-state index in [1.807, 2.05) is 69.3 Å². The molecule has 0 spiro atoms. The van der Waals surface area contributed by atoms with Crippen molar-refractivity contribution in [2.45, 2.75) is 27.3 Å². The van der Waals surface area contributed by atoms with Gasteiger partial charge in [-0.05, 0) is 43.5 Å². The summed E-state index contributed by atoms with van der Waals surface area (Å²) >= 11 is 0. The van der Waals surface area contributed by atoms with Gasteiger partial charge in [0.2, 0.25) is 5.91 Å². The van der Waals surface area contributed by atoms with Crippen molar-refractivity contribution >= 4 is 22.4 Å². The van der Waals surface area contributed by atoms with Gasteiger partial charge in [-0.15, -0.1) is 0 Å². The number of benzene rings is 3. The van der Waals surface area contributed by atoms with Gasteiger partial charge in [0.05, 0.1) is 12.9 Å². The van der Waals surface area contributed by atoms with Crippen LogP contribution in [-0.2, 0) is 11.3 Å². The monoisotopic (exact) mass is 425 g/mol. The largest absolute Gasteiger partial charge is 0.493 e. The molecular weight excluding hydrogens is 398 g/mol. The summed E-state index contributed by atoms with van der Waals surface area (Å²) in [5.74, 6) is 0.612. The van der Waals surface area contributed by atoms with E-state index in [2.05, 4.69) is 23.5 Å². The molecule has 162 valence electrons. The molecule has 0 unspecified atom stereocenters. The van der Waals surface area contributed by atoms with Crippen molar-refractivity contribution in [3.63, 3.8) is 0 Å². The Bertz CT molecular complexity index is 1250. The second-order valence-corrected chi connectivity index (χ2v) is 7.73. The molecule has 1 heterocycles. The first kappa shape index (κ1) is 21.4. The van der Waals surface area contributed by atoms with Crippen LogP contribution in [0.4, 0.5) is 0 Å². The number of amides is 1. The number of nitrogens with one attached hydrogen (secondary N) is 1. The van der Waals surface area contributed by atoms with Crippen molar-refractivity contribution in [2.75, 3.05) is 6.61 Å². The Balaban J connectivity index is 1.71. The molecular formula is C28H27NO3. The molecule has 4 rings (SSSR count). The molecule has 0 aliphatic heterocycles. The number of fused-ring (bicyclic) bond motifs is 1. The van der Waals surface area contributed by atoms with Gasteiger partial charge in [0.15, 0.2) is 0 Å². The average molecular weight is 426 g/mol. The number of rotatable bonds is 7.